The van der Waals surface area contributed by atoms with Crippen LogP contribution >= 0.6 is 11.6 Å². The maximum absolute atomic E-state index is 12.5. The van der Waals surface area contributed by atoms with Gasteiger partial charge in [0, 0.05) is 12.7 Å². The SMILES string of the molecule is CCNc1cccnc1S(=O)(=O)Nc1ccc(C)cc1Cl. The summed E-state index contributed by atoms with van der Waals surface area (Å²) < 4.78 is 27.4. The van der Waals surface area contributed by atoms with E-state index in [1.54, 1.807) is 30.3 Å². The average molecular weight is 326 g/mol. The van der Waals surface area contributed by atoms with E-state index in [1.807, 2.05) is 13.8 Å². The lowest BCUT2D eigenvalue weighted by atomic mass is 10.2. The lowest BCUT2D eigenvalue weighted by Crippen LogP contribution is -2.17. The van der Waals surface area contributed by atoms with Crippen LogP contribution in [0.15, 0.2) is 41.6 Å². The van der Waals surface area contributed by atoms with Gasteiger partial charge in [0.25, 0.3) is 10.0 Å². The van der Waals surface area contributed by atoms with Crippen LogP contribution in [-0.4, -0.2) is 19.9 Å². The van der Waals surface area contributed by atoms with E-state index in [0.29, 0.717) is 22.9 Å². The highest BCUT2D eigenvalue weighted by Crippen LogP contribution is 2.27. The summed E-state index contributed by atoms with van der Waals surface area (Å²) in [6, 6.07) is 8.46. The van der Waals surface area contributed by atoms with Gasteiger partial charge < -0.3 is 5.32 Å². The zero-order valence-corrected chi connectivity index (χ0v) is 13.3. The Hall–Kier alpha value is -1.79. The number of halogens is 1. The summed E-state index contributed by atoms with van der Waals surface area (Å²) in [5.74, 6) is 0. The van der Waals surface area contributed by atoms with E-state index in [4.69, 9.17) is 11.6 Å². The van der Waals surface area contributed by atoms with Crippen LogP contribution in [0.3, 0.4) is 0 Å². The molecule has 0 aliphatic heterocycles. The van der Waals surface area contributed by atoms with Gasteiger partial charge in [-0.2, -0.15) is 8.42 Å². The number of anilines is 2. The average Bonchev–Trinajstić information content (AvgIpc) is 2.43. The van der Waals surface area contributed by atoms with Gasteiger partial charge in [-0.3, -0.25) is 4.72 Å². The minimum absolute atomic E-state index is 0.0523. The molecule has 0 bridgehead atoms. The van der Waals surface area contributed by atoms with E-state index in [-0.39, 0.29) is 5.03 Å². The van der Waals surface area contributed by atoms with Crippen molar-refractivity contribution in [3.8, 4) is 0 Å². The van der Waals surface area contributed by atoms with Gasteiger partial charge in [-0.1, -0.05) is 17.7 Å². The molecule has 5 nitrogen and oxygen atoms in total. The zero-order chi connectivity index (χ0) is 15.5. The Bertz CT molecular complexity index is 748. The molecule has 0 spiro atoms. The highest BCUT2D eigenvalue weighted by atomic mass is 35.5. The number of pyridine rings is 1. The second-order valence-electron chi connectivity index (χ2n) is 4.48. The molecule has 2 aromatic rings. The van der Waals surface area contributed by atoms with Crippen LogP contribution in [0.5, 0.6) is 0 Å². The van der Waals surface area contributed by atoms with E-state index in [1.165, 1.54) is 6.20 Å². The van der Waals surface area contributed by atoms with Crippen LogP contribution in [-0.2, 0) is 10.0 Å². The molecule has 1 heterocycles. The molecule has 0 aliphatic rings. The Kier molecular flexibility index (Phi) is 4.69. The molecule has 0 saturated heterocycles. The smallest absolute Gasteiger partial charge is 0.281 e. The summed E-state index contributed by atoms with van der Waals surface area (Å²) in [6.07, 6.45) is 1.44. The van der Waals surface area contributed by atoms with Crippen LogP contribution < -0.4 is 10.0 Å². The number of rotatable bonds is 5. The van der Waals surface area contributed by atoms with Crippen molar-refractivity contribution in [3.05, 3.63) is 47.1 Å². The van der Waals surface area contributed by atoms with Crippen molar-refractivity contribution in [3.63, 3.8) is 0 Å². The van der Waals surface area contributed by atoms with Crippen molar-refractivity contribution in [1.29, 1.82) is 0 Å². The van der Waals surface area contributed by atoms with Gasteiger partial charge in [0.1, 0.15) is 0 Å². The highest BCUT2D eigenvalue weighted by molar-refractivity contribution is 7.92. The third-order valence-electron chi connectivity index (χ3n) is 2.76. The summed E-state index contributed by atoms with van der Waals surface area (Å²) in [7, 11) is -3.81. The van der Waals surface area contributed by atoms with Crippen LogP contribution in [0.1, 0.15) is 12.5 Å². The molecule has 0 fully saturated rings. The fraction of sp³-hybridized carbons (Fsp3) is 0.214. The number of sulfonamides is 1. The molecular weight excluding hydrogens is 310 g/mol. The summed E-state index contributed by atoms with van der Waals surface area (Å²) in [5, 5.41) is 3.27. The fourth-order valence-corrected chi connectivity index (χ4v) is 3.36. The molecule has 0 unspecified atom stereocenters. The molecule has 0 atom stereocenters. The topological polar surface area (TPSA) is 71.1 Å². The van der Waals surface area contributed by atoms with Crippen molar-refractivity contribution in [2.75, 3.05) is 16.6 Å². The number of aryl methyl sites for hydroxylation is 1. The zero-order valence-electron chi connectivity index (χ0n) is 11.7. The Morgan fingerprint density at radius 2 is 2.00 bits per heavy atom. The molecule has 7 heteroatoms. The van der Waals surface area contributed by atoms with E-state index in [0.717, 1.165) is 5.56 Å². The standard InChI is InChI=1S/C14H16ClN3O2S/c1-3-16-13-5-4-8-17-14(13)21(19,20)18-12-7-6-10(2)9-11(12)15/h4-9,16,18H,3H2,1-2H3. The molecule has 0 amide bonds. The largest absolute Gasteiger partial charge is 0.383 e. The first-order chi connectivity index (χ1) is 9.94. The number of aromatic nitrogens is 1. The monoisotopic (exact) mass is 325 g/mol. The summed E-state index contributed by atoms with van der Waals surface area (Å²) >= 11 is 6.06. The molecule has 0 radical (unpaired) electrons. The summed E-state index contributed by atoms with van der Waals surface area (Å²) in [6.45, 7) is 4.36. The molecule has 0 saturated carbocycles. The Morgan fingerprint density at radius 3 is 2.67 bits per heavy atom. The Balaban J connectivity index is 2.39. The van der Waals surface area contributed by atoms with Gasteiger partial charge in [-0.05, 0) is 43.7 Å². The quantitative estimate of drug-likeness (QED) is 0.885. The van der Waals surface area contributed by atoms with Gasteiger partial charge >= 0.3 is 0 Å². The van der Waals surface area contributed by atoms with Crippen molar-refractivity contribution < 1.29 is 8.42 Å². The minimum Gasteiger partial charge on any atom is -0.383 e. The number of nitrogens with one attached hydrogen (secondary N) is 2. The Labute approximate surface area is 129 Å². The Morgan fingerprint density at radius 1 is 1.24 bits per heavy atom. The summed E-state index contributed by atoms with van der Waals surface area (Å²) in [4.78, 5) is 3.96. The maximum Gasteiger partial charge on any atom is 0.281 e. The van der Waals surface area contributed by atoms with Gasteiger partial charge in [0.05, 0.1) is 16.4 Å². The first-order valence-corrected chi connectivity index (χ1v) is 8.28. The molecule has 2 N–H and O–H groups in total. The van der Waals surface area contributed by atoms with Crippen molar-refractivity contribution in [1.82, 2.24) is 4.98 Å². The molecular formula is C14H16ClN3O2S. The van der Waals surface area contributed by atoms with Crippen molar-refractivity contribution >= 4 is 33.0 Å². The van der Waals surface area contributed by atoms with Crippen molar-refractivity contribution in [2.24, 2.45) is 0 Å². The second kappa shape index (κ2) is 6.32. The third-order valence-corrected chi connectivity index (χ3v) is 4.40. The highest BCUT2D eigenvalue weighted by Gasteiger charge is 2.21. The van der Waals surface area contributed by atoms with Gasteiger partial charge in [0.2, 0.25) is 0 Å². The normalized spacial score (nSPS) is 11.2. The molecule has 1 aromatic heterocycles. The van der Waals surface area contributed by atoms with Gasteiger partial charge in [-0.25, -0.2) is 4.98 Å². The molecule has 112 valence electrons. The van der Waals surface area contributed by atoms with Crippen LogP contribution in [0.25, 0.3) is 0 Å². The van der Waals surface area contributed by atoms with E-state index in [2.05, 4.69) is 15.0 Å². The summed E-state index contributed by atoms with van der Waals surface area (Å²) in [5.41, 5.74) is 1.74. The third kappa shape index (κ3) is 3.65. The lowest BCUT2D eigenvalue weighted by molar-refractivity contribution is 0.598. The number of nitrogens with zero attached hydrogens (tertiary/aromatic N) is 1. The maximum atomic E-state index is 12.5. The molecule has 0 aliphatic carbocycles. The lowest BCUT2D eigenvalue weighted by Gasteiger charge is -2.13. The van der Waals surface area contributed by atoms with Gasteiger partial charge in [-0.15, -0.1) is 0 Å². The van der Waals surface area contributed by atoms with Gasteiger partial charge in [0.15, 0.2) is 5.03 Å². The molecule has 2 rings (SSSR count). The van der Waals surface area contributed by atoms with Crippen LogP contribution in [0.4, 0.5) is 11.4 Å². The first kappa shape index (κ1) is 15.6. The van der Waals surface area contributed by atoms with Crippen molar-refractivity contribution in [2.45, 2.75) is 18.9 Å². The molecule has 21 heavy (non-hydrogen) atoms. The van der Waals surface area contributed by atoms with E-state index in [9.17, 15) is 8.42 Å². The minimum atomic E-state index is -3.81. The fourth-order valence-electron chi connectivity index (χ4n) is 1.83. The second-order valence-corrected chi connectivity index (χ2v) is 6.48. The van der Waals surface area contributed by atoms with E-state index >= 15 is 0 Å². The van der Waals surface area contributed by atoms with Crippen LogP contribution in [0.2, 0.25) is 5.02 Å². The predicted molar refractivity (Wildman–Crippen MR) is 85.4 cm³/mol. The van der Waals surface area contributed by atoms with Crippen LogP contribution in [0, 0.1) is 6.92 Å². The first-order valence-electron chi connectivity index (χ1n) is 6.42. The number of benzene rings is 1. The number of hydrogen-bond acceptors (Lipinski definition) is 4. The predicted octanol–water partition coefficient (Wildman–Crippen LogP) is 3.28. The molecule has 1 aromatic carbocycles. The number of hydrogen-bond donors (Lipinski definition) is 2. The van der Waals surface area contributed by atoms with E-state index < -0.39 is 10.0 Å².